The minimum Gasteiger partial charge on any atom is -0.486 e. The van der Waals surface area contributed by atoms with Crippen molar-refractivity contribution in [2.24, 2.45) is 0 Å². The van der Waals surface area contributed by atoms with Crippen LogP contribution in [0.3, 0.4) is 0 Å². The minimum atomic E-state index is -0.592. The van der Waals surface area contributed by atoms with Crippen molar-refractivity contribution in [3.05, 3.63) is 23.3 Å². The lowest BCUT2D eigenvalue weighted by Gasteiger charge is -2.20. The Kier molecular flexibility index (Phi) is 3.82. The summed E-state index contributed by atoms with van der Waals surface area (Å²) in [5.41, 5.74) is 2.16. The normalized spacial score (nSPS) is 12.9. The molecule has 1 amide bonds. The fourth-order valence-electron chi connectivity index (χ4n) is 1.86. The molecule has 1 aliphatic heterocycles. The summed E-state index contributed by atoms with van der Waals surface area (Å²) in [6.45, 7) is 3.53. The van der Waals surface area contributed by atoms with Crippen LogP contribution in [-0.2, 0) is 16.0 Å². The van der Waals surface area contributed by atoms with Gasteiger partial charge in [-0.25, -0.2) is 0 Å². The van der Waals surface area contributed by atoms with Gasteiger partial charge in [-0.05, 0) is 36.6 Å². The van der Waals surface area contributed by atoms with E-state index in [1.807, 2.05) is 19.1 Å². The second kappa shape index (κ2) is 5.53. The van der Waals surface area contributed by atoms with Gasteiger partial charge in [-0.15, -0.1) is 0 Å². The van der Waals surface area contributed by atoms with E-state index in [0.717, 1.165) is 22.6 Å². The molecular formula is C13H15NO4. The van der Waals surface area contributed by atoms with E-state index in [-0.39, 0.29) is 6.29 Å². The van der Waals surface area contributed by atoms with Gasteiger partial charge in [-0.1, -0.05) is 0 Å². The van der Waals surface area contributed by atoms with E-state index in [0.29, 0.717) is 26.2 Å². The summed E-state index contributed by atoms with van der Waals surface area (Å²) in [4.78, 5) is 21.0. The van der Waals surface area contributed by atoms with E-state index in [1.54, 1.807) is 0 Å². The van der Waals surface area contributed by atoms with Crippen molar-refractivity contribution >= 4 is 12.2 Å². The lowest BCUT2D eigenvalue weighted by Crippen LogP contribution is -2.26. The first-order valence-electron chi connectivity index (χ1n) is 5.83. The zero-order valence-electron chi connectivity index (χ0n) is 10.2. The third-order valence-electron chi connectivity index (χ3n) is 2.80. The summed E-state index contributed by atoms with van der Waals surface area (Å²) in [5, 5.41) is 2.51. The van der Waals surface area contributed by atoms with Crippen molar-refractivity contribution in [1.29, 1.82) is 0 Å². The first kappa shape index (κ1) is 12.4. The highest BCUT2D eigenvalue weighted by atomic mass is 16.6. The van der Waals surface area contributed by atoms with Crippen LogP contribution in [0.1, 0.15) is 11.1 Å². The van der Waals surface area contributed by atoms with E-state index in [4.69, 9.17) is 9.47 Å². The number of aryl methyl sites for hydroxylation is 1. The third-order valence-corrected chi connectivity index (χ3v) is 2.80. The van der Waals surface area contributed by atoms with Crippen LogP contribution in [0.5, 0.6) is 11.5 Å². The summed E-state index contributed by atoms with van der Waals surface area (Å²) in [6.07, 6.45) is 0.929. The van der Waals surface area contributed by atoms with E-state index < -0.39 is 5.91 Å². The van der Waals surface area contributed by atoms with Crippen LogP contribution < -0.4 is 14.8 Å². The zero-order chi connectivity index (χ0) is 13.0. The molecule has 0 aliphatic carbocycles. The van der Waals surface area contributed by atoms with Crippen molar-refractivity contribution in [3.63, 3.8) is 0 Å². The maximum Gasteiger partial charge on any atom is 0.284 e. The second-order valence-electron chi connectivity index (χ2n) is 4.08. The molecule has 0 spiro atoms. The van der Waals surface area contributed by atoms with Crippen molar-refractivity contribution < 1.29 is 19.1 Å². The maximum atomic E-state index is 10.8. The standard InChI is InChI=1S/C13H15NO4/c1-9-6-11-12(18-5-4-17-11)7-10(9)2-3-14-13(16)8-15/h6-8H,2-5H2,1H3,(H,14,16). The largest absolute Gasteiger partial charge is 0.486 e. The van der Waals surface area contributed by atoms with Crippen molar-refractivity contribution in [2.45, 2.75) is 13.3 Å². The van der Waals surface area contributed by atoms with Gasteiger partial charge < -0.3 is 14.8 Å². The number of nitrogens with one attached hydrogen (secondary N) is 1. The number of hydrogen-bond donors (Lipinski definition) is 1. The molecule has 5 nitrogen and oxygen atoms in total. The summed E-state index contributed by atoms with van der Waals surface area (Å²) in [5.74, 6) is 0.910. The number of rotatable bonds is 4. The highest BCUT2D eigenvalue weighted by molar-refractivity contribution is 6.23. The average molecular weight is 249 g/mol. The van der Waals surface area contributed by atoms with Crippen LogP contribution in [0.2, 0.25) is 0 Å². The van der Waals surface area contributed by atoms with E-state index >= 15 is 0 Å². The smallest absolute Gasteiger partial charge is 0.284 e. The molecule has 1 aromatic carbocycles. The molecule has 0 atom stereocenters. The Morgan fingerprint density at radius 3 is 2.67 bits per heavy atom. The molecule has 0 unspecified atom stereocenters. The van der Waals surface area contributed by atoms with Gasteiger partial charge in [0.1, 0.15) is 13.2 Å². The number of aldehydes is 1. The monoisotopic (exact) mass is 249 g/mol. The lowest BCUT2D eigenvalue weighted by molar-refractivity contribution is -0.131. The topological polar surface area (TPSA) is 64.6 Å². The molecule has 0 bridgehead atoms. The molecule has 2 rings (SSSR count). The molecule has 0 saturated heterocycles. The number of benzene rings is 1. The molecule has 0 fully saturated rings. The summed E-state index contributed by atoms with van der Waals surface area (Å²) in [7, 11) is 0. The number of ether oxygens (including phenoxy) is 2. The fraction of sp³-hybridized carbons (Fsp3) is 0.385. The average Bonchev–Trinajstić information content (AvgIpc) is 2.39. The molecular weight excluding hydrogens is 234 g/mol. The van der Waals surface area contributed by atoms with Crippen molar-refractivity contribution in [2.75, 3.05) is 19.8 Å². The molecule has 5 heteroatoms. The molecule has 1 heterocycles. The minimum absolute atomic E-state index is 0.274. The van der Waals surface area contributed by atoms with Gasteiger partial charge in [-0.2, -0.15) is 0 Å². The van der Waals surface area contributed by atoms with E-state index in [9.17, 15) is 9.59 Å². The second-order valence-corrected chi connectivity index (χ2v) is 4.08. The van der Waals surface area contributed by atoms with Gasteiger partial charge in [-0.3, -0.25) is 9.59 Å². The fourth-order valence-corrected chi connectivity index (χ4v) is 1.86. The lowest BCUT2D eigenvalue weighted by atomic mass is 10.0. The van der Waals surface area contributed by atoms with Crippen LogP contribution in [0.15, 0.2) is 12.1 Å². The summed E-state index contributed by atoms with van der Waals surface area (Å²) in [6, 6.07) is 3.86. The van der Waals surface area contributed by atoms with Crippen LogP contribution in [0, 0.1) is 6.92 Å². The maximum absolute atomic E-state index is 10.8. The molecule has 0 aromatic heterocycles. The quantitative estimate of drug-likeness (QED) is 0.627. The Balaban J connectivity index is 2.04. The van der Waals surface area contributed by atoms with Crippen molar-refractivity contribution in [3.8, 4) is 11.5 Å². The van der Waals surface area contributed by atoms with Crippen LogP contribution in [0.4, 0.5) is 0 Å². The Hall–Kier alpha value is -2.04. The molecule has 96 valence electrons. The van der Waals surface area contributed by atoms with Crippen molar-refractivity contribution in [1.82, 2.24) is 5.32 Å². The highest BCUT2D eigenvalue weighted by Crippen LogP contribution is 2.32. The van der Waals surface area contributed by atoms with Crippen LogP contribution in [0.25, 0.3) is 0 Å². The molecule has 1 aliphatic rings. The zero-order valence-corrected chi connectivity index (χ0v) is 10.2. The van der Waals surface area contributed by atoms with Gasteiger partial charge in [0.05, 0.1) is 0 Å². The van der Waals surface area contributed by atoms with Gasteiger partial charge in [0.2, 0.25) is 6.29 Å². The number of amides is 1. The summed E-state index contributed by atoms with van der Waals surface area (Å²) < 4.78 is 11.0. The molecule has 18 heavy (non-hydrogen) atoms. The molecule has 0 saturated carbocycles. The predicted molar refractivity (Wildman–Crippen MR) is 64.9 cm³/mol. The molecule has 1 N–H and O–H groups in total. The number of carbonyl (C=O) groups is 2. The van der Waals surface area contributed by atoms with Crippen LogP contribution >= 0.6 is 0 Å². The van der Waals surface area contributed by atoms with Crippen LogP contribution in [-0.4, -0.2) is 32.0 Å². The molecule has 1 aromatic rings. The number of fused-ring (bicyclic) bond motifs is 1. The van der Waals surface area contributed by atoms with E-state index in [2.05, 4.69) is 5.32 Å². The van der Waals surface area contributed by atoms with Gasteiger partial charge in [0.25, 0.3) is 5.91 Å². The highest BCUT2D eigenvalue weighted by Gasteiger charge is 2.13. The summed E-state index contributed by atoms with van der Waals surface area (Å²) >= 11 is 0. The first-order chi connectivity index (χ1) is 8.70. The Bertz CT molecular complexity index is 470. The number of hydrogen-bond acceptors (Lipinski definition) is 4. The van der Waals surface area contributed by atoms with Gasteiger partial charge in [0.15, 0.2) is 11.5 Å². The Morgan fingerprint density at radius 1 is 1.33 bits per heavy atom. The van der Waals surface area contributed by atoms with Gasteiger partial charge >= 0.3 is 0 Å². The number of carbonyl (C=O) groups excluding carboxylic acids is 2. The Morgan fingerprint density at radius 2 is 2.00 bits per heavy atom. The van der Waals surface area contributed by atoms with Gasteiger partial charge in [0, 0.05) is 6.54 Å². The Labute approximate surface area is 105 Å². The molecule has 0 radical (unpaired) electrons. The predicted octanol–water partition coefficient (Wildman–Crippen LogP) is 0.624. The van der Waals surface area contributed by atoms with E-state index in [1.165, 1.54) is 0 Å². The first-order valence-corrected chi connectivity index (χ1v) is 5.83. The SMILES string of the molecule is Cc1cc2c(cc1CCNC(=O)C=O)OCCO2. The third kappa shape index (κ3) is 2.80.